The van der Waals surface area contributed by atoms with Crippen LogP contribution >= 0.6 is 0 Å². The summed E-state index contributed by atoms with van der Waals surface area (Å²) in [6.45, 7) is 10.6. The number of hydrogen-bond acceptors (Lipinski definition) is 2. The molecule has 0 amide bonds. The van der Waals surface area contributed by atoms with Crippen molar-refractivity contribution < 1.29 is 4.74 Å². The lowest BCUT2D eigenvalue weighted by molar-refractivity contribution is 0.0743. The summed E-state index contributed by atoms with van der Waals surface area (Å²) in [6, 6.07) is 0.695. The topological polar surface area (TPSA) is 21.3 Å². The smallest absolute Gasteiger partial charge is 0.0518 e. The third-order valence-electron chi connectivity index (χ3n) is 2.28. The molecule has 0 fully saturated rings. The van der Waals surface area contributed by atoms with Crippen LogP contribution in [0.3, 0.4) is 0 Å². The molecule has 0 aromatic carbocycles. The molecule has 86 valence electrons. The summed E-state index contributed by atoms with van der Waals surface area (Å²) in [5, 5.41) is 3.52. The zero-order valence-corrected chi connectivity index (χ0v) is 10.3. The second-order valence-corrected chi connectivity index (χ2v) is 4.11. The van der Waals surface area contributed by atoms with E-state index in [-0.39, 0.29) is 0 Å². The molecule has 0 bridgehead atoms. The van der Waals surface area contributed by atoms with Gasteiger partial charge in [-0.3, -0.25) is 0 Å². The Bertz CT molecular complexity index is 109. The lowest BCUT2D eigenvalue weighted by Crippen LogP contribution is -2.29. The van der Waals surface area contributed by atoms with Gasteiger partial charge in [-0.25, -0.2) is 0 Å². The Morgan fingerprint density at radius 2 is 1.86 bits per heavy atom. The van der Waals surface area contributed by atoms with E-state index >= 15 is 0 Å². The van der Waals surface area contributed by atoms with E-state index in [2.05, 4.69) is 33.0 Å². The Morgan fingerprint density at radius 3 is 2.36 bits per heavy atom. The van der Waals surface area contributed by atoms with Crippen molar-refractivity contribution in [3.63, 3.8) is 0 Å². The lowest BCUT2D eigenvalue weighted by atomic mass is 10.1. The van der Waals surface area contributed by atoms with Crippen molar-refractivity contribution in [2.75, 3.05) is 13.2 Å². The maximum Gasteiger partial charge on any atom is 0.0518 e. The van der Waals surface area contributed by atoms with E-state index < -0.39 is 0 Å². The van der Waals surface area contributed by atoms with E-state index in [1.54, 1.807) is 0 Å². The molecule has 1 unspecified atom stereocenters. The summed E-state index contributed by atoms with van der Waals surface area (Å²) < 4.78 is 5.52. The molecule has 0 spiro atoms. The average molecular weight is 201 g/mol. The number of hydrogen-bond donors (Lipinski definition) is 1. The van der Waals surface area contributed by atoms with Crippen LogP contribution in [-0.2, 0) is 4.74 Å². The normalized spacial score (nSPS) is 13.5. The second kappa shape index (κ2) is 9.47. The third-order valence-corrected chi connectivity index (χ3v) is 2.28. The van der Waals surface area contributed by atoms with Gasteiger partial charge in [0.1, 0.15) is 0 Å². The van der Waals surface area contributed by atoms with Crippen molar-refractivity contribution in [3.8, 4) is 0 Å². The van der Waals surface area contributed by atoms with Gasteiger partial charge in [0.05, 0.1) is 6.10 Å². The minimum Gasteiger partial charge on any atom is -0.379 e. The van der Waals surface area contributed by atoms with Crippen molar-refractivity contribution in [1.29, 1.82) is 0 Å². The molecule has 0 radical (unpaired) electrons. The van der Waals surface area contributed by atoms with Crippen molar-refractivity contribution in [2.45, 2.75) is 65.5 Å². The van der Waals surface area contributed by atoms with Crippen molar-refractivity contribution in [3.05, 3.63) is 0 Å². The first kappa shape index (κ1) is 13.9. The molecular weight excluding hydrogens is 174 g/mol. The first-order valence-corrected chi connectivity index (χ1v) is 6.05. The molecule has 0 saturated carbocycles. The van der Waals surface area contributed by atoms with E-state index in [1.165, 1.54) is 25.7 Å². The van der Waals surface area contributed by atoms with E-state index in [1.807, 2.05) is 0 Å². The van der Waals surface area contributed by atoms with Crippen LogP contribution in [0.15, 0.2) is 0 Å². The fourth-order valence-electron chi connectivity index (χ4n) is 1.63. The monoisotopic (exact) mass is 201 g/mol. The van der Waals surface area contributed by atoms with E-state index in [0.717, 1.165) is 13.2 Å². The second-order valence-electron chi connectivity index (χ2n) is 4.11. The molecule has 2 heteroatoms. The molecule has 0 saturated heterocycles. The first-order valence-electron chi connectivity index (χ1n) is 6.05. The Kier molecular flexibility index (Phi) is 9.42. The lowest BCUT2D eigenvalue weighted by Gasteiger charge is -2.17. The van der Waals surface area contributed by atoms with Crippen LogP contribution in [0.4, 0.5) is 0 Å². The van der Waals surface area contributed by atoms with Gasteiger partial charge >= 0.3 is 0 Å². The average Bonchev–Trinajstić information content (AvgIpc) is 2.12. The highest BCUT2D eigenvalue weighted by molar-refractivity contribution is 4.64. The Labute approximate surface area is 89.4 Å². The first-order chi connectivity index (χ1) is 6.70. The maximum absolute atomic E-state index is 5.52. The fourth-order valence-corrected chi connectivity index (χ4v) is 1.63. The van der Waals surface area contributed by atoms with Crippen LogP contribution in [0.1, 0.15) is 53.4 Å². The molecule has 1 N–H and O–H groups in total. The summed E-state index contributed by atoms with van der Waals surface area (Å²) in [5.74, 6) is 0. The molecule has 0 aliphatic heterocycles. The molecule has 0 heterocycles. The Morgan fingerprint density at radius 1 is 1.14 bits per heavy atom. The quantitative estimate of drug-likeness (QED) is 0.579. The number of rotatable bonds is 9. The van der Waals surface area contributed by atoms with Crippen LogP contribution in [0.2, 0.25) is 0 Å². The van der Waals surface area contributed by atoms with Crippen LogP contribution in [0, 0.1) is 0 Å². The minimum absolute atomic E-state index is 0.374. The zero-order valence-electron chi connectivity index (χ0n) is 10.3. The molecule has 14 heavy (non-hydrogen) atoms. The van der Waals surface area contributed by atoms with Crippen LogP contribution < -0.4 is 5.32 Å². The highest BCUT2D eigenvalue weighted by atomic mass is 16.5. The number of nitrogens with one attached hydrogen (secondary N) is 1. The van der Waals surface area contributed by atoms with Crippen molar-refractivity contribution in [1.82, 2.24) is 5.32 Å². The van der Waals surface area contributed by atoms with Gasteiger partial charge in [-0.05, 0) is 39.7 Å². The molecule has 0 aromatic heterocycles. The highest BCUT2D eigenvalue weighted by Gasteiger charge is 2.05. The standard InChI is InChI=1S/C12H27NO/c1-5-8-12(13-6-2)9-7-10-14-11(3)4/h11-13H,5-10H2,1-4H3. The van der Waals surface area contributed by atoms with Crippen molar-refractivity contribution >= 4 is 0 Å². The summed E-state index contributed by atoms with van der Waals surface area (Å²) in [4.78, 5) is 0. The summed E-state index contributed by atoms with van der Waals surface area (Å²) in [7, 11) is 0. The fraction of sp³-hybridized carbons (Fsp3) is 1.00. The highest BCUT2D eigenvalue weighted by Crippen LogP contribution is 2.05. The van der Waals surface area contributed by atoms with Gasteiger partial charge in [0, 0.05) is 12.6 Å². The van der Waals surface area contributed by atoms with Gasteiger partial charge in [-0.1, -0.05) is 20.3 Å². The van der Waals surface area contributed by atoms with Gasteiger partial charge < -0.3 is 10.1 Å². The Hall–Kier alpha value is -0.0800. The van der Waals surface area contributed by atoms with Crippen LogP contribution in [0.25, 0.3) is 0 Å². The van der Waals surface area contributed by atoms with Gasteiger partial charge in [-0.15, -0.1) is 0 Å². The van der Waals surface area contributed by atoms with Gasteiger partial charge in [0.2, 0.25) is 0 Å². The van der Waals surface area contributed by atoms with E-state index in [9.17, 15) is 0 Å². The Balaban J connectivity index is 3.40. The number of ether oxygens (including phenoxy) is 1. The van der Waals surface area contributed by atoms with E-state index in [0.29, 0.717) is 12.1 Å². The van der Waals surface area contributed by atoms with E-state index in [4.69, 9.17) is 4.74 Å². The van der Waals surface area contributed by atoms with Crippen molar-refractivity contribution in [2.24, 2.45) is 0 Å². The predicted octanol–water partition coefficient (Wildman–Crippen LogP) is 2.97. The molecular formula is C12H27NO. The largest absolute Gasteiger partial charge is 0.379 e. The van der Waals surface area contributed by atoms with Crippen LogP contribution in [-0.4, -0.2) is 25.3 Å². The van der Waals surface area contributed by atoms with Gasteiger partial charge in [0.15, 0.2) is 0 Å². The summed E-state index contributed by atoms with van der Waals surface area (Å²) in [6.07, 6.45) is 5.35. The molecule has 0 aliphatic carbocycles. The van der Waals surface area contributed by atoms with Gasteiger partial charge in [0.25, 0.3) is 0 Å². The summed E-state index contributed by atoms with van der Waals surface area (Å²) in [5.41, 5.74) is 0. The minimum atomic E-state index is 0.374. The molecule has 1 atom stereocenters. The molecule has 0 rings (SSSR count). The molecule has 0 aromatic rings. The maximum atomic E-state index is 5.52. The predicted molar refractivity (Wildman–Crippen MR) is 62.7 cm³/mol. The third kappa shape index (κ3) is 8.52. The molecule has 2 nitrogen and oxygen atoms in total. The zero-order chi connectivity index (χ0) is 10.8. The van der Waals surface area contributed by atoms with Gasteiger partial charge in [-0.2, -0.15) is 0 Å². The van der Waals surface area contributed by atoms with Crippen LogP contribution in [0.5, 0.6) is 0 Å². The molecule has 0 aliphatic rings. The summed E-state index contributed by atoms with van der Waals surface area (Å²) >= 11 is 0. The SMILES string of the molecule is CCCC(CCCOC(C)C)NCC.